The number of hydrogen-bond acceptors (Lipinski definition) is 5. The molecule has 1 heterocycles. The monoisotopic (exact) mass is 314 g/mol. The number of benzene rings is 1. The summed E-state index contributed by atoms with van der Waals surface area (Å²) in [5.74, 6) is -0.975. The minimum Gasteiger partial charge on any atom is -0.481 e. The molecule has 0 aliphatic heterocycles. The highest BCUT2D eigenvalue weighted by Crippen LogP contribution is 2.19. The molecule has 0 unspecified atom stereocenters. The molecule has 1 aromatic carbocycles. The van der Waals surface area contributed by atoms with Crippen molar-refractivity contribution in [3.63, 3.8) is 0 Å². The minimum atomic E-state index is -0.902. The number of aromatic nitrogens is 4. The van der Waals surface area contributed by atoms with Gasteiger partial charge < -0.3 is 5.11 Å². The Morgan fingerprint density at radius 2 is 2.12 bits per heavy atom. The summed E-state index contributed by atoms with van der Waals surface area (Å²) in [5, 5.41) is 20.2. The molecule has 0 fully saturated rings. The molecule has 0 aliphatic rings. The van der Waals surface area contributed by atoms with Gasteiger partial charge in [0, 0.05) is 4.47 Å². The van der Waals surface area contributed by atoms with Crippen LogP contribution in [0.5, 0.6) is 0 Å². The summed E-state index contributed by atoms with van der Waals surface area (Å²) < 4.78 is 2.45. The van der Waals surface area contributed by atoms with Gasteiger partial charge in [-0.25, -0.2) is 0 Å². The third-order valence-electron chi connectivity index (χ3n) is 1.84. The Bertz CT molecular complexity index is 528. The molecule has 0 bridgehead atoms. The first-order valence-corrected chi connectivity index (χ1v) is 6.33. The molecule has 1 N–H and O–H groups in total. The topological polar surface area (TPSA) is 80.9 Å². The Balaban J connectivity index is 2.24. The summed E-state index contributed by atoms with van der Waals surface area (Å²) in [6, 6.07) is 7.40. The van der Waals surface area contributed by atoms with Crippen LogP contribution >= 0.6 is 27.7 Å². The van der Waals surface area contributed by atoms with Gasteiger partial charge in [0.15, 0.2) is 0 Å². The number of carboxylic acids is 1. The number of aliphatic carboxylic acids is 1. The summed E-state index contributed by atoms with van der Waals surface area (Å²) in [6.07, 6.45) is 0. The van der Waals surface area contributed by atoms with Crippen LogP contribution in [0, 0.1) is 0 Å². The van der Waals surface area contributed by atoms with E-state index in [0.29, 0.717) is 5.16 Å². The van der Waals surface area contributed by atoms with E-state index in [4.69, 9.17) is 5.11 Å². The van der Waals surface area contributed by atoms with Crippen LogP contribution in [0.15, 0.2) is 33.9 Å². The van der Waals surface area contributed by atoms with E-state index in [2.05, 4.69) is 31.5 Å². The Morgan fingerprint density at radius 3 is 2.76 bits per heavy atom. The van der Waals surface area contributed by atoms with E-state index >= 15 is 0 Å². The molecule has 0 amide bonds. The van der Waals surface area contributed by atoms with Crippen molar-refractivity contribution < 1.29 is 9.90 Å². The predicted molar refractivity (Wildman–Crippen MR) is 65.2 cm³/mol. The molecular weight excluding hydrogens is 308 g/mol. The lowest BCUT2D eigenvalue weighted by Gasteiger charge is -2.02. The summed E-state index contributed by atoms with van der Waals surface area (Å²) >= 11 is 4.41. The highest BCUT2D eigenvalue weighted by Gasteiger charge is 2.10. The van der Waals surface area contributed by atoms with Gasteiger partial charge in [0.2, 0.25) is 5.16 Å². The van der Waals surface area contributed by atoms with Crippen molar-refractivity contribution in [3.8, 4) is 5.69 Å². The fourth-order valence-corrected chi connectivity index (χ4v) is 2.01. The van der Waals surface area contributed by atoms with E-state index < -0.39 is 5.97 Å². The fourth-order valence-electron chi connectivity index (χ4n) is 1.14. The molecule has 1 aromatic heterocycles. The summed E-state index contributed by atoms with van der Waals surface area (Å²) in [5.41, 5.74) is 0.783. The van der Waals surface area contributed by atoms with Crippen molar-refractivity contribution in [1.29, 1.82) is 0 Å². The number of nitrogens with zero attached hydrogens (tertiary/aromatic N) is 4. The lowest BCUT2D eigenvalue weighted by Crippen LogP contribution is -2.02. The first kappa shape index (κ1) is 12.1. The SMILES string of the molecule is O=C(O)CSc1nnnn1-c1ccc(Br)cc1. The molecule has 0 spiro atoms. The summed E-state index contributed by atoms with van der Waals surface area (Å²) in [6.45, 7) is 0. The number of carbonyl (C=O) groups is 1. The molecule has 2 rings (SSSR count). The predicted octanol–water partition coefficient (Wildman–Crippen LogP) is 1.60. The zero-order valence-corrected chi connectivity index (χ0v) is 10.8. The smallest absolute Gasteiger partial charge is 0.313 e. The van der Waals surface area contributed by atoms with Crippen molar-refractivity contribution in [3.05, 3.63) is 28.7 Å². The molecule has 8 heteroatoms. The van der Waals surface area contributed by atoms with Crippen LogP contribution in [0.25, 0.3) is 5.69 Å². The van der Waals surface area contributed by atoms with Crippen LogP contribution in [-0.2, 0) is 4.79 Å². The van der Waals surface area contributed by atoms with Crippen LogP contribution in [0.1, 0.15) is 0 Å². The highest BCUT2D eigenvalue weighted by molar-refractivity contribution is 9.10. The van der Waals surface area contributed by atoms with Crippen LogP contribution in [-0.4, -0.2) is 37.0 Å². The van der Waals surface area contributed by atoms with Gasteiger partial charge in [-0.05, 0) is 34.7 Å². The molecule has 0 saturated heterocycles. The maximum Gasteiger partial charge on any atom is 0.313 e. The first-order chi connectivity index (χ1) is 8.16. The van der Waals surface area contributed by atoms with Crippen LogP contribution in [0.4, 0.5) is 0 Å². The number of rotatable bonds is 4. The lowest BCUT2D eigenvalue weighted by molar-refractivity contribution is -0.133. The second-order valence-electron chi connectivity index (χ2n) is 3.03. The van der Waals surface area contributed by atoms with Crippen LogP contribution in [0.3, 0.4) is 0 Å². The molecule has 6 nitrogen and oxygen atoms in total. The van der Waals surface area contributed by atoms with E-state index in [1.165, 1.54) is 4.68 Å². The quantitative estimate of drug-likeness (QED) is 0.863. The normalized spacial score (nSPS) is 10.4. The number of halogens is 1. The number of hydrogen-bond donors (Lipinski definition) is 1. The molecule has 0 radical (unpaired) electrons. The number of carboxylic acid groups (broad SMARTS) is 1. The van der Waals surface area contributed by atoms with Gasteiger partial charge in [-0.15, -0.1) is 5.10 Å². The maximum absolute atomic E-state index is 10.5. The molecule has 2 aromatic rings. The van der Waals surface area contributed by atoms with E-state index in [-0.39, 0.29) is 5.75 Å². The first-order valence-electron chi connectivity index (χ1n) is 4.56. The van der Waals surface area contributed by atoms with Crippen molar-refractivity contribution in [1.82, 2.24) is 20.2 Å². The van der Waals surface area contributed by atoms with Crippen LogP contribution < -0.4 is 0 Å². The Morgan fingerprint density at radius 1 is 1.41 bits per heavy atom. The molecule has 0 aliphatic carbocycles. The van der Waals surface area contributed by atoms with Gasteiger partial charge in [0.1, 0.15) is 0 Å². The fraction of sp³-hybridized carbons (Fsp3) is 0.111. The average Bonchev–Trinajstić information content (AvgIpc) is 2.75. The van der Waals surface area contributed by atoms with Gasteiger partial charge in [0.05, 0.1) is 11.4 Å². The van der Waals surface area contributed by atoms with E-state index in [1.807, 2.05) is 24.3 Å². The molecule has 17 heavy (non-hydrogen) atoms. The maximum atomic E-state index is 10.5. The van der Waals surface area contributed by atoms with Gasteiger partial charge in [-0.2, -0.15) is 4.68 Å². The van der Waals surface area contributed by atoms with Crippen LogP contribution in [0.2, 0.25) is 0 Å². The average molecular weight is 315 g/mol. The Hall–Kier alpha value is -1.41. The van der Waals surface area contributed by atoms with Gasteiger partial charge in [-0.3, -0.25) is 4.79 Å². The second-order valence-corrected chi connectivity index (χ2v) is 4.89. The van der Waals surface area contributed by atoms with Gasteiger partial charge >= 0.3 is 5.97 Å². The van der Waals surface area contributed by atoms with E-state index in [9.17, 15) is 4.79 Å². The summed E-state index contributed by atoms with van der Waals surface area (Å²) in [7, 11) is 0. The molecule has 88 valence electrons. The standard InChI is InChI=1S/C9H7BrN4O2S/c10-6-1-3-7(4-2-6)14-9(11-12-13-14)17-5-8(15)16/h1-4H,5H2,(H,15,16). The summed E-state index contributed by atoms with van der Waals surface area (Å²) in [4.78, 5) is 10.5. The van der Waals surface area contributed by atoms with E-state index in [1.54, 1.807) is 0 Å². The zero-order valence-electron chi connectivity index (χ0n) is 8.45. The second kappa shape index (κ2) is 5.28. The third-order valence-corrected chi connectivity index (χ3v) is 3.27. The Labute approximate surface area is 109 Å². The largest absolute Gasteiger partial charge is 0.481 e. The zero-order chi connectivity index (χ0) is 12.3. The van der Waals surface area contributed by atoms with Crippen molar-refractivity contribution in [2.75, 3.05) is 5.75 Å². The van der Waals surface area contributed by atoms with E-state index in [0.717, 1.165) is 21.9 Å². The minimum absolute atomic E-state index is 0.0725. The lowest BCUT2D eigenvalue weighted by atomic mass is 10.3. The highest BCUT2D eigenvalue weighted by atomic mass is 79.9. The molecular formula is C9H7BrN4O2S. The third kappa shape index (κ3) is 3.04. The molecule has 0 atom stereocenters. The number of thioether (sulfide) groups is 1. The van der Waals surface area contributed by atoms with Crippen molar-refractivity contribution >= 4 is 33.7 Å². The van der Waals surface area contributed by atoms with Crippen molar-refractivity contribution in [2.45, 2.75) is 5.16 Å². The van der Waals surface area contributed by atoms with Crippen molar-refractivity contribution in [2.24, 2.45) is 0 Å². The number of tetrazole rings is 1. The Kier molecular flexibility index (Phi) is 3.75. The van der Waals surface area contributed by atoms with Gasteiger partial charge in [0.25, 0.3) is 0 Å². The molecule has 0 saturated carbocycles. The van der Waals surface area contributed by atoms with Gasteiger partial charge in [-0.1, -0.05) is 27.7 Å².